The smallest absolute Gasteiger partial charge is 0.153 e. The van der Waals surface area contributed by atoms with Crippen molar-refractivity contribution < 1.29 is 9.52 Å². The Labute approximate surface area is 118 Å². The number of aliphatic hydroxyl groups is 1. The lowest BCUT2D eigenvalue weighted by molar-refractivity contribution is 0.240. The Morgan fingerprint density at radius 2 is 2.10 bits per heavy atom. The van der Waals surface area contributed by atoms with Crippen molar-refractivity contribution in [1.82, 2.24) is 0 Å². The molecule has 2 aromatic rings. The lowest BCUT2D eigenvalue weighted by atomic mass is 9.93. The highest BCUT2D eigenvalue weighted by atomic mass is 16.3. The number of aliphatic hydroxyl groups excluding tert-OH is 1. The van der Waals surface area contributed by atoms with E-state index in [4.69, 9.17) is 14.8 Å². The van der Waals surface area contributed by atoms with Crippen molar-refractivity contribution in [3.63, 3.8) is 0 Å². The van der Waals surface area contributed by atoms with Crippen molar-refractivity contribution >= 4 is 16.7 Å². The van der Waals surface area contributed by atoms with Crippen LogP contribution in [0.15, 0.2) is 28.9 Å². The zero-order chi connectivity index (χ0) is 13.9. The van der Waals surface area contributed by atoms with Crippen LogP contribution < -0.4 is 4.90 Å². The highest BCUT2D eigenvalue weighted by molar-refractivity contribution is 5.94. The van der Waals surface area contributed by atoms with Gasteiger partial charge in [-0.25, -0.2) is 0 Å². The topological polar surface area (TPSA) is 60.4 Å². The first-order valence-corrected chi connectivity index (χ1v) is 7.09. The Kier molecular flexibility index (Phi) is 3.62. The summed E-state index contributed by atoms with van der Waals surface area (Å²) in [7, 11) is 0. The third-order valence-corrected chi connectivity index (χ3v) is 4.21. The molecule has 0 atom stereocenters. The fourth-order valence-corrected chi connectivity index (χ4v) is 3.06. The van der Waals surface area contributed by atoms with E-state index in [-0.39, 0.29) is 6.61 Å². The van der Waals surface area contributed by atoms with Crippen LogP contribution in [0.2, 0.25) is 0 Å². The molecule has 1 fully saturated rings. The predicted molar refractivity (Wildman–Crippen MR) is 77.6 cm³/mol. The second kappa shape index (κ2) is 5.56. The molecule has 20 heavy (non-hydrogen) atoms. The molecule has 104 valence electrons. The maximum Gasteiger partial charge on any atom is 0.153 e. The third kappa shape index (κ3) is 2.25. The van der Waals surface area contributed by atoms with Crippen LogP contribution in [0.4, 0.5) is 5.69 Å². The minimum absolute atomic E-state index is 0.285. The van der Waals surface area contributed by atoms with Crippen LogP contribution in [0.5, 0.6) is 0 Å². The van der Waals surface area contributed by atoms with Crippen LogP contribution in [-0.4, -0.2) is 24.8 Å². The van der Waals surface area contributed by atoms with E-state index in [1.807, 2.05) is 18.2 Å². The second-order valence-electron chi connectivity index (χ2n) is 5.35. The average Bonchev–Trinajstić information content (AvgIpc) is 2.97. The highest BCUT2D eigenvalue weighted by Gasteiger charge is 2.21. The van der Waals surface area contributed by atoms with Gasteiger partial charge in [-0.2, -0.15) is 5.26 Å². The summed E-state index contributed by atoms with van der Waals surface area (Å²) in [5.74, 6) is 0.634. The highest BCUT2D eigenvalue weighted by Crippen LogP contribution is 2.33. The van der Waals surface area contributed by atoms with Crippen LogP contribution in [0, 0.1) is 17.2 Å². The van der Waals surface area contributed by atoms with Crippen molar-refractivity contribution in [3.8, 4) is 6.07 Å². The van der Waals surface area contributed by atoms with Gasteiger partial charge in [0.05, 0.1) is 11.8 Å². The number of hydrogen-bond donors (Lipinski definition) is 1. The first-order valence-electron chi connectivity index (χ1n) is 7.09. The molecule has 0 radical (unpaired) electrons. The first kappa shape index (κ1) is 13.0. The van der Waals surface area contributed by atoms with Crippen LogP contribution in [0.3, 0.4) is 0 Å². The van der Waals surface area contributed by atoms with Gasteiger partial charge >= 0.3 is 0 Å². The van der Waals surface area contributed by atoms with E-state index in [0.717, 1.165) is 43.4 Å². The van der Waals surface area contributed by atoms with E-state index in [9.17, 15) is 0 Å². The number of hydrogen-bond acceptors (Lipinski definition) is 4. The summed E-state index contributed by atoms with van der Waals surface area (Å²) < 4.78 is 5.45. The van der Waals surface area contributed by atoms with E-state index in [1.54, 1.807) is 6.26 Å². The number of nitrogens with zero attached hydrogens (tertiary/aromatic N) is 2. The summed E-state index contributed by atoms with van der Waals surface area (Å²) in [5, 5.41) is 19.1. The summed E-state index contributed by atoms with van der Waals surface area (Å²) in [6.45, 7) is 2.28. The SMILES string of the molecule is N#Cc1ccc(N2CCC(CCO)CC2)c2ccoc12. The van der Waals surface area contributed by atoms with E-state index >= 15 is 0 Å². The molecule has 0 amide bonds. The lowest BCUT2D eigenvalue weighted by Gasteiger charge is -2.33. The summed E-state index contributed by atoms with van der Waals surface area (Å²) >= 11 is 0. The second-order valence-corrected chi connectivity index (χ2v) is 5.35. The van der Waals surface area contributed by atoms with Gasteiger partial charge < -0.3 is 14.4 Å². The van der Waals surface area contributed by atoms with Crippen molar-refractivity contribution in [2.45, 2.75) is 19.3 Å². The maximum atomic E-state index is 9.10. The summed E-state index contributed by atoms with van der Waals surface area (Å²) in [6, 6.07) is 7.96. The number of nitriles is 1. The van der Waals surface area contributed by atoms with Crippen molar-refractivity contribution in [3.05, 3.63) is 30.0 Å². The zero-order valence-electron chi connectivity index (χ0n) is 11.4. The van der Waals surface area contributed by atoms with Gasteiger partial charge in [0.25, 0.3) is 0 Å². The van der Waals surface area contributed by atoms with Crippen LogP contribution in [0.25, 0.3) is 11.0 Å². The minimum atomic E-state index is 0.285. The van der Waals surface area contributed by atoms with Gasteiger partial charge in [-0.15, -0.1) is 0 Å². The molecule has 0 aliphatic carbocycles. The number of anilines is 1. The maximum absolute atomic E-state index is 9.10. The molecule has 1 N–H and O–H groups in total. The van der Waals surface area contributed by atoms with Gasteiger partial charge in [0, 0.05) is 30.8 Å². The summed E-state index contributed by atoms with van der Waals surface area (Å²) in [4.78, 5) is 2.35. The Hall–Kier alpha value is -1.99. The van der Waals surface area contributed by atoms with E-state index in [0.29, 0.717) is 17.1 Å². The molecule has 1 aliphatic rings. The van der Waals surface area contributed by atoms with Crippen LogP contribution in [-0.2, 0) is 0 Å². The fraction of sp³-hybridized carbons (Fsp3) is 0.438. The molecule has 1 aromatic heterocycles. The van der Waals surface area contributed by atoms with Crippen molar-refractivity contribution in [2.24, 2.45) is 5.92 Å². The molecule has 0 saturated carbocycles. The van der Waals surface area contributed by atoms with Gasteiger partial charge in [-0.3, -0.25) is 0 Å². The molecular formula is C16H18N2O2. The monoisotopic (exact) mass is 270 g/mol. The minimum Gasteiger partial charge on any atom is -0.463 e. The molecule has 1 saturated heterocycles. The van der Waals surface area contributed by atoms with Crippen LogP contribution >= 0.6 is 0 Å². The van der Waals surface area contributed by atoms with Gasteiger partial charge in [0.1, 0.15) is 6.07 Å². The van der Waals surface area contributed by atoms with Crippen molar-refractivity contribution in [1.29, 1.82) is 5.26 Å². The molecule has 3 rings (SSSR count). The number of rotatable bonds is 3. The van der Waals surface area contributed by atoms with Crippen molar-refractivity contribution in [2.75, 3.05) is 24.6 Å². The standard InChI is InChI=1S/C16H18N2O2/c17-11-13-1-2-15(14-6-10-20-16(13)14)18-7-3-12(4-8-18)5-9-19/h1-2,6,10,12,19H,3-5,7-9H2. The van der Waals surface area contributed by atoms with Crippen LogP contribution in [0.1, 0.15) is 24.8 Å². The molecule has 0 unspecified atom stereocenters. The number of benzene rings is 1. The Morgan fingerprint density at radius 3 is 2.80 bits per heavy atom. The Morgan fingerprint density at radius 1 is 1.30 bits per heavy atom. The van der Waals surface area contributed by atoms with E-state index in [1.165, 1.54) is 0 Å². The zero-order valence-corrected chi connectivity index (χ0v) is 11.4. The Bertz CT molecular complexity index is 633. The number of piperidine rings is 1. The largest absolute Gasteiger partial charge is 0.463 e. The normalized spacial score (nSPS) is 16.5. The molecular weight excluding hydrogens is 252 g/mol. The molecule has 1 aliphatic heterocycles. The molecule has 4 heteroatoms. The van der Waals surface area contributed by atoms with Gasteiger partial charge in [0.2, 0.25) is 0 Å². The van der Waals surface area contributed by atoms with Gasteiger partial charge in [-0.05, 0) is 43.4 Å². The Balaban J connectivity index is 1.85. The predicted octanol–water partition coefficient (Wildman–Crippen LogP) is 2.90. The van der Waals surface area contributed by atoms with Gasteiger partial charge in [-0.1, -0.05) is 0 Å². The van der Waals surface area contributed by atoms with Gasteiger partial charge in [0.15, 0.2) is 5.58 Å². The molecule has 2 heterocycles. The fourth-order valence-electron chi connectivity index (χ4n) is 3.06. The third-order valence-electron chi connectivity index (χ3n) is 4.21. The van der Waals surface area contributed by atoms with E-state index < -0.39 is 0 Å². The molecule has 4 nitrogen and oxygen atoms in total. The van der Waals surface area contributed by atoms with E-state index in [2.05, 4.69) is 11.0 Å². The molecule has 0 bridgehead atoms. The quantitative estimate of drug-likeness (QED) is 0.931. The lowest BCUT2D eigenvalue weighted by Crippen LogP contribution is -2.34. The molecule has 1 aromatic carbocycles. The first-order chi connectivity index (χ1) is 9.83. The number of furan rings is 1. The summed E-state index contributed by atoms with van der Waals surface area (Å²) in [6.07, 6.45) is 4.77. The number of fused-ring (bicyclic) bond motifs is 1. The average molecular weight is 270 g/mol. The summed E-state index contributed by atoms with van der Waals surface area (Å²) in [5.41, 5.74) is 2.42. The molecule has 0 spiro atoms.